The lowest BCUT2D eigenvalue weighted by atomic mass is 9.93. The molecule has 1 aromatic carbocycles. The molecule has 4 rings (SSSR count). The predicted molar refractivity (Wildman–Crippen MR) is 100 cm³/mol. The van der Waals surface area contributed by atoms with E-state index in [1.54, 1.807) is 4.90 Å². The van der Waals surface area contributed by atoms with Crippen molar-refractivity contribution in [2.75, 3.05) is 18.0 Å². The number of benzene rings is 1. The van der Waals surface area contributed by atoms with Crippen LogP contribution >= 0.6 is 0 Å². The summed E-state index contributed by atoms with van der Waals surface area (Å²) in [6, 6.07) is 1.24. The maximum atomic E-state index is 14.8. The number of carboxylic acids is 1. The van der Waals surface area contributed by atoms with E-state index in [1.807, 2.05) is 0 Å². The Labute approximate surface area is 170 Å². The number of nitrogens with zero attached hydrogens (tertiary/aromatic N) is 2. The summed E-state index contributed by atoms with van der Waals surface area (Å²) < 4.78 is 14.8. The third-order valence-corrected chi connectivity index (χ3v) is 5.93. The molecule has 2 saturated heterocycles. The van der Waals surface area contributed by atoms with Crippen LogP contribution in [0.2, 0.25) is 0 Å². The summed E-state index contributed by atoms with van der Waals surface area (Å²) in [7, 11) is 0. The van der Waals surface area contributed by atoms with Crippen molar-refractivity contribution >= 4 is 35.3 Å². The number of aliphatic carboxylic acids is 1. The van der Waals surface area contributed by atoms with Gasteiger partial charge < -0.3 is 10.0 Å². The van der Waals surface area contributed by atoms with E-state index < -0.39 is 41.5 Å². The van der Waals surface area contributed by atoms with E-state index >= 15 is 0 Å². The lowest BCUT2D eigenvalue weighted by molar-refractivity contribution is -0.138. The van der Waals surface area contributed by atoms with Gasteiger partial charge in [0.15, 0.2) is 0 Å². The average Bonchev–Trinajstić information content (AvgIpc) is 2.92. The summed E-state index contributed by atoms with van der Waals surface area (Å²) in [4.78, 5) is 62.5. The van der Waals surface area contributed by atoms with Crippen molar-refractivity contribution in [2.45, 2.75) is 38.1 Å². The second kappa shape index (κ2) is 7.51. The summed E-state index contributed by atoms with van der Waals surface area (Å²) in [6.45, 7) is 0.874. The van der Waals surface area contributed by atoms with E-state index in [1.165, 1.54) is 6.07 Å². The van der Waals surface area contributed by atoms with Crippen LogP contribution in [0.3, 0.4) is 0 Å². The molecule has 10 heteroatoms. The highest BCUT2D eigenvalue weighted by molar-refractivity contribution is 6.23. The molecular formula is C20H20FN3O6. The van der Waals surface area contributed by atoms with Gasteiger partial charge in [0, 0.05) is 25.9 Å². The first kappa shape index (κ1) is 20.0. The van der Waals surface area contributed by atoms with Gasteiger partial charge in [0.05, 0.1) is 16.8 Å². The van der Waals surface area contributed by atoms with E-state index in [0.29, 0.717) is 25.9 Å². The van der Waals surface area contributed by atoms with Crippen LogP contribution < -0.4 is 10.2 Å². The minimum absolute atomic E-state index is 0.00864. The minimum atomic E-state index is -1.10. The highest BCUT2D eigenvalue weighted by Gasteiger charge is 2.45. The molecule has 3 heterocycles. The molecule has 158 valence electrons. The molecule has 3 aliphatic heterocycles. The van der Waals surface area contributed by atoms with Gasteiger partial charge in [-0.15, -0.1) is 0 Å². The van der Waals surface area contributed by atoms with Crippen LogP contribution in [0.5, 0.6) is 0 Å². The number of carbonyl (C=O) groups is 5. The number of piperidine rings is 2. The lowest BCUT2D eigenvalue weighted by Gasteiger charge is -2.33. The molecule has 30 heavy (non-hydrogen) atoms. The molecule has 1 atom stereocenters. The Morgan fingerprint density at radius 1 is 1.07 bits per heavy atom. The fourth-order valence-electron chi connectivity index (χ4n) is 4.35. The monoisotopic (exact) mass is 417 g/mol. The summed E-state index contributed by atoms with van der Waals surface area (Å²) in [5.41, 5.74) is 0.0919. The standard InChI is InChI=1S/C20H20FN3O6/c21-13-8-11-12(9-15(13)23-5-3-10(4-6-23)7-17(26)27)20(30)24(19(11)29)14-1-2-16(25)22-18(14)28/h8-10,14H,1-7H2,(H,26,27)(H,22,25,28). The molecule has 1 unspecified atom stereocenters. The first-order valence-corrected chi connectivity index (χ1v) is 9.78. The molecule has 3 aliphatic rings. The van der Waals surface area contributed by atoms with Crippen LogP contribution in [0.15, 0.2) is 12.1 Å². The Bertz CT molecular complexity index is 970. The molecule has 0 bridgehead atoms. The van der Waals surface area contributed by atoms with Gasteiger partial charge in [-0.3, -0.25) is 34.2 Å². The fourth-order valence-corrected chi connectivity index (χ4v) is 4.35. The number of fused-ring (bicyclic) bond motifs is 1. The Balaban J connectivity index is 1.56. The second-order valence-electron chi connectivity index (χ2n) is 7.82. The first-order chi connectivity index (χ1) is 14.3. The number of hydrogen-bond acceptors (Lipinski definition) is 6. The number of rotatable bonds is 4. The van der Waals surface area contributed by atoms with E-state index in [2.05, 4.69) is 5.32 Å². The lowest BCUT2D eigenvalue weighted by Crippen LogP contribution is -2.54. The molecule has 0 aromatic heterocycles. The number of halogens is 1. The third kappa shape index (κ3) is 3.42. The summed E-state index contributed by atoms with van der Waals surface area (Å²) in [5, 5.41) is 11.0. The van der Waals surface area contributed by atoms with Gasteiger partial charge >= 0.3 is 5.97 Å². The van der Waals surface area contributed by atoms with E-state index in [0.717, 1.165) is 11.0 Å². The zero-order valence-corrected chi connectivity index (χ0v) is 16.0. The summed E-state index contributed by atoms with van der Waals surface area (Å²) >= 11 is 0. The highest BCUT2D eigenvalue weighted by atomic mass is 19.1. The second-order valence-corrected chi connectivity index (χ2v) is 7.82. The Morgan fingerprint density at radius 3 is 2.30 bits per heavy atom. The van der Waals surface area contributed by atoms with Crippen molar-refractivity contribution in [3.8, 4) is 0 Å². The molecule has 0 aliphatic carbocycles. The van der Waals surface area contributed by atoms with Gasteiger partial charge in [-0.1, -0.05) is 0 Å². The molecule has 2 fully saturated rings. The van der Waals surface area contributed by atoms with Crippen LogP contribution in [0.4, 0.5) is 10.1 Å². The van der Waals surface area contributed by atoms with E-state index in [4.69, 9.17) is 5.11 Å². The zero-order valence-electron chi connectivity index (χ0n) is 16.0. The van der Waals surface area contributed by atoms with Gasteiger partial charge in [0.1, 0.15) is 11.9 Å². The maximum absolute atomic E-state index is 14.8. The Morgan fingerprint density at radius 2 is 1.70 bits per heavy atom. The molecule has 0 saturated carbocycles. The molecule has 2 N–H and O–H groups in total. The van der Waals surface area contributed by atoms with Crippen molar-refractivity contribution in [2.24, 2.45) is 5.92 Å². The fraction of sp³-hybridized carbons (Fsp3) is 0.450. The number of nitrogens with one attached hydrogen (secondary N) is 1. The maximum Gasteiger partial charge on any atom is 0.303 e. The molecular weight excluding hydrogens is 397 g/mol. The quantitative estimate of drug-likeness (QED) is 0.698. The third-order valence-electron chi connectivity index (χ3n) is 5.93. The highest BCUT2D eigenvalue weighted by Crippen LogP contribution is 2.34. The van der Waals surface area contributed by atoms with E-state index in [-0.39, 0.29) is 42.0 Å². The number of carboxylic acid groups (broad SMARTS) is 1. The van der Waals surface area contributed by atoms with Crippen LogP contribution in [0.1, 0.15) is 52.8 Å². The van der Waals surface area contributed by atoms with Gasteiger partial charge in [-0.2, -0.15) is 0 Å². The predicted octanol–water partition coefficient (Wildman–Crippen LogP) is 0.918. The van der Waals surface area contributed by atoms with Crippen LogP contribution in [0.25, 0.3) is 0 Å². The van der Waals surface area contributed by atoms with Crippen LogP contribution in [0, 0.1) is 11.7 Å². The van der Waals surface area contributed by atoms with Gasteiger partial charge in [0.2, 0.25) is 11.8 Å². The van der Waals surface area contributed by atoms with Crippen molar-refractivity contribution < 1.29 is 33.5 Å². The normalized spacial score (nSPS) is 22.4. The molecule has 0 spiro atoms. The van der Waals surface area contributed by atoms with Crippen LogP contribution in [-0.2, 0) is 14.4 Å². The Hall–Kier alpha value is -3.30. The molecule has 4 amide bonds. The summed E-state index contributed by atoms with van der Waals surface area (Å²) in [5.74, 6) is -4.13. The Kier molecular flexibility index (Phi) is 5.00. The van der Waals surface area contributed by atoms with Crippen molar-refractivity contribution in [1.29, 1.82) is 0 Å². The number of anilines is 1. The van der Waals surface area contributed by atoms with Crippen molar-refractivity contribution in [3.63, 3.8) is 0 Å². The number of carbonyl (C=O) groups excluding carboxylic acids is 4. The van der Waals surface area contributed by atoms with Crippen LogP contribution in [-0.4, -0.2) is 58.7 Å². The van der Waals surface area contributed by atoms with Gasteiger partial charge in [-0.25, -0.2) is 4.39 Å². The number of hydrogen-bond donors (Lipinski definition) is 2. The first-order valence-electron chi connectivity index (χ1n) is 9.78. The number of imide groups is 2. The number of amides is 4. The summed E-state index contributed by atoms with van der Waals surface area (Å²) in [6.07, 6.45) is 1.27. The van der Waals surface area contributed by atoms with E-state index in [9.17, 15) is 28.4 Å². The van der Waals surface area contributed by atoms with Gasteiger partial charge in [-0.05, 0) is 37.3 Å². The molecule has 0 radical (unpaired) electrons. The van der Waals surface area contributed by atoms with Crippen molar-refractivity contribution in [1.82, 2.24) is 10.2 Å². The van der Waals surface area contributed by atoms with Gasteiger partial charge in [0.25, 0.3) is 11.8 Å². The molecule has 1 aromatic rings. The topological polar surface area (TPSA) is 124 Å². The molecule has 9 nitrogen and oxygen atoms in total. The van der Waals surface area contributed by atoms with Crippen molar-refractivity contribution in [3.05, 3.63) is 29.1 Å². The SMILES string of the molecule is O=C(O)CC1CCN(c2cc3c(cc2F)C(=O)N(C2CCC(=O)NC2=O)C3=O)CC1. The zero-order chi connectivity index (χ0) is 21.6. The largest absolute Gasteiger partial charge is 0.481 e. The average molecular weight is 417 g/mol. The minimum Gasteiger partial charge on any atom is -0.481 e. The smallest absolute Gasteiger partial charge is 0.303 e.